The highest BCUT2D eigenvalue weighted by Crippen LogP contribution is 2.26. The van der Waals surface area contributed by atoms with E-state index in [9.17, 15) is 9.59 Å². The number of aromatic amines is 1. The van der Waals surface area contributed by atoms with Gasteiger partial charge in [0.25, 0.3) is 5.91 Å². The van der Waals surface area contributed by atoms with Crippen molar-refractivity contribution >= 4 is 11.6 Å². The molecular formula is C16H18N2O3. The highest BCUT2D eigenvalue weighted by Gasteiger charge is 2.10. The molecule has 0 atom stereocenters. The van der Waals surface area contributed by atoms with Gasteiger partial charge in [0.1, 0.15) is 5.75 Å². The molecule has 1 aromatic carbocycles. The molecule has 0 bridgehead atoms. The number of hydrogen-bond acceptors (Lipinski definition) is 3. The van der Waals surface area contributed by atoms with Crippen LogP contribution in [-0.4, -0.2) is 17.5 Å². The summed E-state index contributed by atoms with van der Waals surface area (Å²) < 4.78 is 5.65. The van der Waals surface area contributed by atoms with Crippen LogP contribution in [-0.2, 0) is 0 Å². The van der Waals surface area contributed by atoms with Crippen LogP contribution in [0.5, 0.6) is 5.75 Å². The summed E-state index contributed by atoms with van der Waals surface area (Å²) in [5, 5.41) is 2.80. The van der Waals surface area contributed by atoms with Gasteiger partial charge < -0.3 is 15.0 Å². The summed E-state index contributed by atoms with van der Waals surface area (Å²) in [4.78, 5) is 25.6. The van der Waals surface area contributed by atoms with Gasteiger partial charge in [-0.25, -0.2) is 0 Å². The highest BCUT2D eigenvalue weighted by atomic mass is 16.5. The zero-order valence-corrected chi connectivity index (χ0v) is 12.1. The van der Waals surface area contributed by atoms with E-state index in [2.05, 4.69) is 10.3 Å². The summed E-state index contributed by atoms with van der Waals surface area (Å²) in [7, 11) is 0. The van der Waals surface area contributed by atoms with Gasteiger partial charge >= 0.3 is 0 Å². The molecule has 0 saturated heterocycles. The normalized spacial score (nSPS) is 10.2. The number of rotatable bonds is 5. The number of anilines is 1. The molecule has 0 unspecified atom stereocenters. The first-order chi connectivity index (χ1) is 10.1. The van der Waals surface area contributed by atoms with Gasteiger partial charge in [0.05, 0.1) is 17.9 Å². The molecule has 0 aliphatic rings. The molecule has 1 heterocycles. The Hall–Kier alpha value is -2.56. The number of pyridine rings is 1. The lowest BCUT2D eigenvalue weighted by Crippen LogP contribution is -2.15. The first-order valence-corrected chi connectivity index (χ1v) is 6.83. The average Bonchev–Trinajstić information content (AvgIpc) is 2.48. The van der Waals surface area contributed by atoms with Crippen molar-refractivity contribution in [1.82, 2.24) is 4.98 Å². The number of ether oxygens (including phenoxy) is 1. The summed E-state index contributed by atoms with van der Waals surface area (Å²) >= 11 is 0. The third-order valence-electron chi connectivity index (χ3n) is 2.89. The van der Waals surface area contributed by atoms with Crippen LogP contribution in [0.1, 0.15) is 29.3 Å². The fourth-order valence-corrected chi connectivity index (χ4v) is 1.81. The first kappa shape index (κ1) is 14.8. The van der Waals surface area contributed by atoms with Gasteiger partial charge in [-0.2, -0.15) is 0 Å². The quantitative estimate of drug-likeness (QED) is 0.887. The molecule has 5 nitrogen and oxygen atoms in total. The molecule has 5 heteroatoms. The van der Waals surface area contributed by atoms with Crippen molar-refractivity contribution in [1.29, 1.82) is 0 Å². The lowest BCUT2D eigenvalue weighted by molar-refractivity contribution is 0.102. The Morgan fingerprint density at radius 2 is 2.10 bits per heavy atom. The van der Waals surface area contributed by atoms with Gasteiger partial charge in [-0.15, -0.1) is 0 Å². The highest BCUT2D eigenvalue weighted by molar-refractivity contribution is 6.04. The maximum Gasteiger partial charge on any atom is 0.257 e. The second-order valence-electron chi connectivity index (χ2n) is 4.74. The topological polar surface area (TPSA) is 71.2 Å². The maximum absolute atomic E-state index is 12.1. The second kappa shape index (κ2) is 6.74. The largest absolute Gasteiger partial charge is 0.491 e. The summed E-state index contributed by atoms with van der Waals surface area (Å²) in [5.41, 5.74) is 1.82. The molecule has 2 rings (SSSR count). The van der Waals surface area contributed by atoms with Crippen molar-refractivity contribution in [2.75, 3.05) is 11.9 Å². The zero-order chi connectivity index (χ0) is 15.2. The minimum absolute atomic E-state index is 0.242. The average molecular weight is 286 g/mol. The van der Waals surface area contributed by atoms with Gasteiger partial charge in [-0.05, 0) is 37.1 Å². The lowest BCUT2D eigenvalue weighted by atomic mass is 10.2. The number of hydrogen-bond donors (Lipinski definition) is 2. The third-order valence-corrected chi connectivity index (χ3v) is 2.89. The summed E-state index contributed by atoms with van der Waals surface area (Å²) in [6.07, 6.45) is 2.28. The monoisotopic (exact) mass is 286 g/mol. The van der Waals surface area contributed by atoms with E-state index in [0.29, 0.717) is 23.6 Å². The summed E-state index contributed by atoms with van der Waals surface area (Å²) in [5.74, 6) is 0.353. The van der Waals surface area contributed by atoms with E-state index in [4.69, 9.17) is 4.74 Å². The predicted octanol–water partition coefficient (Wildman–Crippen LogP) is 2.72. The van der Waals surface area contributed by atoms with Gasteiger partial charge in [0.15, 0.2) is 0 Å². The van der Waals surface area contributed by atoms with Gasteiger partial charge in [-0.1, -0.05) is 13.0 Å². The van der Waals surface area contributed by atoms with Crippen LogP contribution in [0.4, 0.5) is 5.69 Å². The molecule has 0 fully saturated rings. The molecule has 0 aliphatic carbocycles. The number of aryl methyl sites for hydroxylation is 1. The molecule has 0 spiro atoms. The number of amides is 1. The van der Waals surface area contributed by atoms with Crippen molar-refractivity contribution in [2.24, 2.45) is 0 Å². The molecule has 2 aromatic rings. The van der Waals surface area contributed by atoms with Crippen molar-refractivity contribution in [3.63, 3.8) is 0 Å². The first-order valence-electron chi connectivity index (χ1n) is 6.83. The van der Waals surface area contributed by atoms with Crippen molar-refractivity contribution in [3.05, 3.63) is 58.0 Å². The van der Waals surface area contributed by atoms with Crippen LogP contribution in [0.25, 0.3) is 0 Å². The van der Waals surface area contributed by atoms with Crippen LogP contribution < -0.4 is 15.6 Å². The van der Waals surface area contributed by atoms with E-state index in [1.165, 1.54) is 18.3 Å². The van der Waals surface area contributed by atoms with E-state index < -0.39 is 0 Å². The van der Waals surface area contributed by atoms with E-state index in [0.717, 1.165) is 12.0 Å². The Kier molecular flexibility index (Phi) is 4.77. The van der Waals surface area contributed by atoms with Crippen molar-refractivity contribution in [2.45, 2.75) is 20.3 Å². The van der Waals surface area contributed by atoms with Crippen LogP contribution in [0, 0.1) is 6.92 Å². The van der Waals surface area contributed by atoms with E-state index >= 15 is 0 Å². The van der Waals surface area contributed by atoms with Crippen molar-refractivity contribution < 1.29 is 9.53 Å². The predicted molar refractivity (Wildman–Crippen MR) is 82.0 cm³/mol. The molecule has 1 amide bonds. The van der Waals surface area contributed by atoms with Gasteiger partial charge in [0.2, 0.25) is 5.56 Å². The zero-order valence-electron chi connectivity index (χ0n) is 12.1. The standard InChI is InChI=1S/C16H18N2O3/c1-3-8-21-14-9-11(2)4-6-13(14)18-16(20)12-5-7-15(19)17-10-12/h4-7,9-10H,3,8H2,1-2H3,(H,17,19)(H,18,20). The molecule has 0 saturated carbocycles. The Bertz CT molecular complexity index is 672. The summed E-state index contributed by atoms with van der Waals surface area (Å²) in [6.45, 7) is 4.58. The number of aromatic nitrogens is 1. The molecule has 110 valence electrons. The second-order valence-corrected chi connectivity index (χ2v) is 4.74. The Morgan fingerprint density at radius 3 is 2.76 bits per heavy atom. The van der Waals surface area contributed by atoms with Crippen molar-refractivity contribution in [3.8, 4) is 5.75 Å². The SMILES string of the molecule is CCCOc1cc(C)ccc1NC(=O)c1ccc(=O)[nH]c1. The Labute approximate surface area is 123 Å². The van der Waals surface area contributed by atoms with Crippen LogP contribution >= 0.6 is 0 Å². The smallest absolute Gasteiger partial charge is 0.257 e. The van der Waals surface area contributed by atoms with E-state index in [-0.39, 0.29) is 11.5 Å². The molecule has 2 N–H and O–H groups in total. The fraction of sp³-hybridized carbons (Fsp3) is 0.250. The molecule has 1 aromatic heterocycles. The number of nitrogens with one attached hydrogen (secondary N) is 2. The fourth-order valence-electron chi connectivity index (χ4n) is 1.81. The third kappa shape index (κ3) is 3.95. The molecule has 0 aliphatic heterocycles. The minimum atomic E-state index is -0.295. The Balaban J connectivity index is 2.20. The van der Waals surface area contributed by atoms with E-state index in [1.54, 1.807) is 0 Å². The number of benzene rings is 1. The lowest BCUT2D eigenvalue weighted by Gasteiger charge is -2.13. The molecule has 0 radical (unpaired) electrons. The summed E-state index contributed by atoms with van der Waals surface area (Å²) in [6, 6.07) is 8.40. The van der Waals surface area contributed by atoms with Crippen LogP contribution in [0.3, 0.4) is 0 Å². The number of H-pyrrole nitrogens is 1. The van der Waals surface area contributed by atoms with Gasteiger partial charge in [-0.3, -0.25) is 9.59 Å². The van der Waals surface area contributed by atoms with E-state index in [1.807, 2.05) is 32.0 Å². The van der Waals surface area contributed by atoms with Crippen LogP contribution in [0.2, 0.25) is 0 Å². The van der Waals surface area contributed by atoms with Crippen LogP contribution in [0.15, 0.2) is 41.3 Å². The van der Waals surface area contributed by atoms with Gasteiger partial charge in [0, 0.05) is 12.3 Å². The number of carbonyl (C=O) groups is 1. The Morgan fingerprint density at radius 1 is 1.29 bits per heavy atom. The molecule has 21 heavy (non-hydrogen) atoms. The molecular weight excluding hydrogens is 268 g/mol. The minimum Gasteiger partial charge on any atom is -0.491 e. The number of carbonyl (C=O) groups excluding carboxylic acids is 1. The maximum atomic E-state index is 12.1.